The Labute approximate surface area is 361 Å². The Balaban J connectivity index is 1.19. The first-order chi connectivity index (χ1) is 30.4. The van der Waals surface area contributed by atoms with Gasteiger partial charge in [0, 0.05) is 0 Å². The maximum absolute atomic E-state index is 2.53. The Morgan fingerprint density at radius 1 is 0.210 bits per heavy atom. The zero-order valence-corrected chi connectivity index (χ0v) is 35.3. The van der Waals surface area contributed by atoms with E-state index in [-0.39, 0.29) is 0 Å². The maximum atomic E-state index is 2.53. The first-order valence-electron chi connectivity index (χ1n) is 21.9. The third-order valence-electron chi connectivity index (χ3n) is 14.1. The lowest BCUT2D eigenvalue weighted by Gasteiger charge is -2.15. The van der Waals surface area contributed by atoms with E-state index in [0.717, 1.165) is 0 Å². The molecule has 0 radical (unpaired) electrons. The van der Waals surface area contributed by atoms with E-state index in [9.17, 15) is 0 Å². The first kappa shape index (κ1) is 35.2. The lowest BCUT2D eigenvalue weighted by molar-refractivity contribution is 1.47. The van der Waals surface area contributed by atoms with Crippen LogP contribution in [0.4, 0.5) is 0 Å². The summed E-state index contributed by atoms with van der Waals surface area (Å²) < 4.78 is 0. The molecule has 0 aliphatic heterocycles. The van der Waals surface area contributed by atoms with E-state index in [1.54, 1.807) is 0 Å². The van der Waals surface area contributed by atoms with Crippen molar-refractivity contribution >= 4 is 86.2 Å². The van der Waals surface area contributed by atoms with Gasteiger partial charge >= 0.3 is 0 Å². The van der Waals surface area contributed by atoms with Gasteiger partial charge in [-0.25, -0.2) is 0 Å². The molecule has 13 aromatic carbocycles. The average Bonchev–Trinajstić information content (AvgIpc) is 3.79. The van der Waals surface area contributed by atoms with E-state index in [2.05, 4.69) is 210 Å². The minimum Gasteiger partial charge on any atom is -0.0620 e. The highest BCUT2D eigenvalue weighted by molar-refractivity contribution is 6.41. The summed E-state index contributed by atoms with van der Waals surface area (Å²) in [6.45, 7) is 8.79. The van der Waals surface area contributed by atoms with Crippen molar-refractivity contribution in [3.8, 4) is 44.5 Å². The van der Waals surface area contributed by atoms with Gasteiger partial charge in [0.1, 0.15) is 0 Å². The Morgan fingerprint density at radius 2 is 0.500 bits per heavy atom. The average molecular weight is 787 g/mol. The monoisotopic (exact) mass is 786 g/mol. The summed E-state index contributed by atoms with van der Waals surface area (Å²) in [4.78, 5) is 0. The molecule has 0 heteroatoms. The number of benzene rings is 11. The highest BCUT2D eigenvalue weighted by Gasteiger charge is 2.22. The second-order valence-corrected chi connectivity index (χ2v) is 17.9. The fourth-order valence-corrected chi connectivity index (χ4v) is 10.9. The van der Waals surface area contributed by atoms with E-state index in [1.165, 1.54) is 153 Å². The van der Waals surface area contributed by atoms with Crippen LogP contribution in [0.1, 0.15) is 22.3 Å². The van der Waals surface area contributed by atoms with Gasteiger partial charge in [-0.1, -0.05) is 145 Å². The fourth-order valence-electron chi connectivity index (χ4n) is 10.9. The summed E-state index contributed by atoms with van der Waals surface area (Å²) in [7, 11) is 0. The zero-order valence-electron chi connectivity index (χ0n) is 35.3. The van der Waals surface area contributed by atoms with Crippen LogP contribution in [0.5, 0.6) is 0 Å². The first-order valence-corrected chi connectivity index (χ1v) is 21.9. The molecule has 0 unspecified atom stereocenters. The molecule has 13 rings (SSSR count). The van der Waals surface area contributed by atoms with Crippen LogP contribution in [0.15, 0.2) is 182 Å². The molecule has 0 heterocycles. The molecule has 0 fully saturated rings. The third kappa shape index (κ3) is 5.07. The Hall–Kier alpha value is -7.54. The van der Waals surface area contributed by atoms with E-state index in [1.807, 2.05) is 0 Å². The topological polar surface area (TPSA) is 0 Å². The van der Waals surface area contributed by atoms with Crippen LogP contribution in [0.3, 0.4) is 0 Å². The predicted octanol–water partition coefficient (Wildman–Crippen LogP) is 17.7. The summed E-state index contributed by atoms with van der Waals surface area (Å²) in [6.07, 6.45) is 0. The number of hydrogen-bond acceptors (Lipinski definition) is 0. The quantitative estimate of drug-likeness (QED) is 0.156. The van der Waals surface area contributed by atoms with Crippen molar-refractivity contribution in [2.24, 2.45) is 0 Å². The van der Waals surface area contributed by atoms with E-state index >= 15 is 0 Å². The van der Waals surface area contributed by atoms with Crippen molar-refractivity contribution in [3.05, 3.63) is 204 Å². The van der Waals surface area contributed by atoms with Crippen LogP contribution in [0.2, 0.25) is 0 Å². The van der Waals surface area contributed by atoms with E-state index in [0.29, 0.717) is 0 Å². The molecule has 13 aromatic rings. The fraction of sp³-hybridized carbons (Fsp3) is 0.0645. The summed E-state index contributed by atoms with van der Waals surface area (Å²) in [6, 6.07) is 69.6. The van der Waals surface area contributed by atoms with Gasteiger partial charge in [-0.3, -0.25) is 0 Å². The van der Waals surface area contributed by atoms with Crippen LogP contribution in [-0.4, -0.2) is 0 Å². The molecular weight excluding hydrogens is 745 g/mol. The summed E-state index contributed by atoms with van der Waals surface area (Å²) >= 11 is 0. The molecule has 0 bridgehead atoms. The Bertz CT molecular complexity index is 3710. The van der Waals surface area contributed by atoms with Gasteiger partial charge in [0.25, 0.3) is 0 Å². The van der Waals surface area contributed by atoms with Gasteiger partial charge in [0.2, 0.25) is 0 Å². The molecule has 0 N–H and O–H groups in total. The number of rotatable bonds is 4. The minimum absolute atomic E-state index is 1.25. The molecule has 0 saturated heterocycles. The number of fused-ring (bicyclic) bond motifs is 11. The maximum Gasteiger partial charge on any atom is -0.00195 e. The summed E-state index contributed by atoms with van der Waals surface area (Å²) in [5.74, 6) is 0. The molecule has 62 heavy (non-hydrogen) atoms. The summed E-state index contributed by atoms with van der Waals surface area (Å²) in [5, 5.41) is 21.1. The van der Waals surface area contributed by atoms with Gasteiger partial charge < -0.3 is 0 Å². The Morgan fingerprint density at radius 3 is 0.871 bits per heavy atom. The third-order valence-corrected chi connectivity index (χ3v) is 14.1. The lowest BCUT2D eigenvalue weighted by Crippen LogP contribution is -1.88. The van der Waals surface area contributed by atoms with Crippen LogP contribution in [0.25, 0.3) is 131 Å². The van der Waals surface area contributed by atoms with Crippen molar-refractivity contribution in [2.45, 2.75) is 27.7 Å². The van der Waals surface area contributed by atoms with Crippen molar-refractivity contribution in [2.75, 3.05) is 0 Å². The van der Waals surface area contributed by atoms with E-state index < -0.39 is 0 Å². The smallest absolute Gasteiger partial charge is 0.00195 e. The highest BCUT2D eigenvalue weighted by Crippen LogP contribution is 2.50. The number of aryl methyl sites for hydroxylation is 4. The van der Waals surface area contributed by atoms with Gasteiger partial charge in [-0.15, -0.1) is 0 Å². The van der Waals surface area contributed by atoms with Crippen LogP contribution >= 0.6 is 0 Å². The molecule has 0 aromatic heterocycles. The molecule has 0 aliphatic rings. The van der Waals surface area contributed by atoms with Crippen LogP contribution in [0, 0.1) is 27.7 Å². The second-order valence-electron chi connectivity index (χ2n) is 17.9. The van der Waals surface area contributed by atoms with Gasteiger partial charge in [0.05, 0.1) is 0 Å². The molecule has 0 nitrogen and oxygen atoms in total. The molecule has 290 valence electrons. The predicted molar refractivity (Wildman–Crippen MR) is 270 cm³/mol. The Kier molecular flexibility index (Phi) is 7.38. The van der Waals surface area contributed by atoms with Crippen molar-refractivity contribution < 1.29 is 0 Å². The summed E-state index contributed by atoms with van der Waals surface area (Å²) in [5.41, 5.74) is 15.2. The van der Waals surface area contributed by atoms with Crippen molar-refractivity contribution in [1.29, 1.82) is 0 Å². The highest BCUT2D eigenvalue weighted by atomic mass is 14.2. The molecule has 0 spiro atoms. The van der Waals surface area contributed by atoms with Gasteiger partial charge in [-0.05, 0) is 218 Å². The molecule has 0 atom stereocenters. The largest absolute Gasteiger partial charge is 0.0620 e. The minimum atomic E-state index is 1.25. The normalized spacial score (nSPS) is 12.2. The molecular formula is C62H42. The van der Waals surface area contributed by atoms with Gasteiger partial charge in [0.15, 0.2) is 0 Å². The molecule has 0 aliphatic carbocycles. The van der Waals surface area contributed by atoms with E-state index in [4.69, 9.17) is 0 Å². The van der Waals surface area contributed by atoms with Crippen LogP contribution in [-0.2, 0) is 0 Å². The molecule has 0 amide bonds. The number of hydrogen-bond donors (Lipinski definition) is 0. The molecule has 0 saturated carbocycles. The van der Waals surface area contributed by atoms with Crippen molar-refractivity contribution in [3.63, 3.8) is 0 Å². The second kappa shape index (κ2) is 13.0. The standard InChI is InChI=1S/C62H42/c1-35-13-17-39(18-14-35)41-21-23-47-51(27-41)59-33-53-49(57-31-43(29-55(47)61(57)59)45-11-7-5-9-37(45)3)25-26-50-54(53)34-60-52-28-42(40-19-15-36(2)16-20-40)22-24-48(52)56-30-44(32-58(50)62(56)60)46-12-8-6-10-38(46)4/h5-34H,1-4H3. The zero-order chi connectivity index (χ0) is 41.4. The van der Waals surface area contributed by atoms with Crippen LogP contribution < -0.4 is 0 Å². The lowest BCUT2D eigenvalue weighted by atomic mass is 9.89. The van der Waals surface area contributed by atoms with Gasteiger partial charge in [-0.2, -0.15) is 0 Å². The SMILES string of the molecule is Cc1ccc(-c2ccc3c(c2)c2cc4c5cc6c7cc(-c8ccc(C)cc8)ccc7c7cc(-c8ccccc8C)cc(c5ccc4c4cc(-c5ccccc5C)cc3c42)c76)cc1. The van der Waals surface area contributed by atoms with Crippen molar-refractivity contribution in [1.82, 2.24) is 0 Å².